The molecule has 21 heavy (non-hydrogen) atoms. The lowest BCUT2D eigenvalue weighted by Gasteiger charge is -2.16. The lowest BCUT2D eigenvalue weighted by Crippen LogP contribution is -2.33. The fourth-order valence-corrected chi connectivity index (χ4v) is 2.67. The smallest absolute Gasteiger partial charge is 0.252 e. The van der Waals surface area contributed by atoms with E-state index in [1.165, 1.54) is 11.8 Å². The third kappa shape index (κ3) is 6.67. The number of amides is 2. The minimum Gasteiger partial charge on any atom is -0.369 e. The molecule has 1 atom stereocenters. The van der Waals surface area contributed by atoms with Crippen molar-refractivity contribution in [1.82, 2.24) is 5.32 Å². The Labute approximate surface area is 130 Å². The number of nitrogens with two attached hydrogens (primary N) is 1. The van der Waals surface area contributed by atoms with Crippen molar-refractivity contribution in [3.8, 4) is 0 Å². The molecule has 4 nitrogen and oxygen atoms in total. The van der Waals surface area contributed by atoms with Crippen LogP contribution in [0, 0.1) is 5.92 Å². The van der Waals surface area contributed by atoms with Gasteiger partial charge in [-0.25, -0.2) is 0 Å². The van der Waals surface area contributed by atoms with Crippen molar-refractivity contribution in [2.24, 2.45) is 11.7 Å². The second-order valence-electron chi connectivity index (χ2n) is 5.60. The van der Waals surface area contributed by atoms with E-state index in [2.05, 4.69) is 19.2 Å². The molecule has 0 fully saturated rings. The summed E-state index contributed by atoms with van der Waals surface area (Å²) in [6.07, 6.45) is 2.04. The van der Waals surface area contributed by atoms with E-state index in [1.807, 2.05) is 25.1 Å². The summed E-state index contributed by atoms with van der Waals surface area (Å²) >= 11 is 1.29. The maximum atomic E-state index is 12.3. The molecule has 0 spiro atoms. The average molecular weight is 308 g/mol. The third-order valence-electron chi connectivity index (χ3n) is 3.06. The van der Waals surface area contributed by atoms with E-state index < -0.39 is 0 Å². The fourth-order valence-electron chi connectivity index (χ4n) is 1.89. The number of carbonyl (C=O) groups is 2. The van der Waals surface area contributed by atoms with E-state index in [4.69, 9.17) is 5.73 Å². The van der Waals surface area contributed by atoms with Gasteiger partial charge in [-0.05, 0) is 37.8 Å². The molecule has 0 saturated carbocycles. The normalized spacial score (nSPS) is 12.2. The van der Waals surface area contributed by atoms with Gasteiger partial charge >= 0.3 is 0 Å². The maximum Gasteiger partial charge on any atom is 0.252 e. The van der Waals surface area contributed by atoms with Crippen LogP contribution in [-0.4, -0.2) is 23.6 Å². The molecule has 0 aliphatic heterocycles. The second kappa shape index (κ2) is 8.72. The molecular weight excluding hydrogens is 284 g/mol. The van der Waals surface area contributed by atoms with Gasteiger partial charge < -0.3 is 11.1 Å². The van der Waals surface area contributed by atoms with Crippen molar-refractivity contribution >= 4 is 23.6 Å². The highest BCUT2D eigenvalue weighted by Gasteiger charge is 2.14. The summed E-state index contributed by atoms with van der Waals surface area (Å²) in [4.78, 5) is 24.0. The zero-order valence-electron chi connectivity index (χ0n) is 12.9. The molecule has 1 aromatic rings. The fraction of sp³-hybridized carbons (Fsp3) is 0.500. The molecule has 1 aromatic carbocycles. The highest BCUT2D eigenvalue weighted by Crippen LogP contribution is 2.22. The van der Waals surface area contributed by atoms with Crippen LogP contribution in [0.15, 0.2) is 29.2 Å². The van der Waals surface area contributed by atoms with Crippen LogP contribution in [0.25, 0.3) is 0 Å². The zero-order valence-corrected chi connectivity index (χ0v) is 13.7. The van der Waals surface area contributed by atoms with E-state index in [9.17, 15) is 9.59 Å². The van der Waals surface area contributed by atoms with Crippen LogP contribution in [0.5, 0.6) is 0 Å². The van der Waals surface area contributed by atoms with Crippen LogP contribution >= 0.6 is 11.8 Å². The molecule has 2 amide bonds. The number of carbonyl (C=O) groups excluding carboxylic acids is 2. The summed E-state index contributed by atoms with van der Waals surface area (Å²) in [6.45, 7) is 6.36. The summed E-state index contributed by atoms with van der Waals surface area (Å²) in [6, 6.07) is 7.41. The number of benzene rings is 1. The van der Waals surface area contributed by atoms with Crippen LogP contribution < -0.4 is 11.1 Å². The minimum atomic E-state index is -0.388. The SMILES string of the molecule is CC(C)CCC(C)NC(=O)c1ccccc1SCC(N)=O. The first kappa shape index (κ1) is 17.6. The molecule has 116 valence electrons. The summed E-state index contributed by atoms with van der Waals surface area (Å²) in [5.74, 6) is 0.315. The van der Waals surface area contributed by atoms with E-state index in [-0.39, 0.29) is 23.6 Å². The van der Waals surface area contributed by atoms with Crippen molar-refractivity contribution in [1.29, 1.82) is 0 Å². The first-order valence-corrected chi connectivity index (χ1v) is 8.19. The van der Waals surface area contributed by atoms with Crippen molar-refractivity contribution < 1.29 is 9.59 Å². The van der Waals surface area contributed by atoms with Crippen molar-refractivity contribution in [3.63, 3.8) is 0 Å². The molecule has 0 radical (unpaired) electrons. The number of nitrogens with one attached hydrogen (secondary N) is 1. The van der Waals surface area contributed by atoms with Gasteiger partial charge in [0.05, 0.1) is 11.3 Å². The van der Waals surface area contributed by atoms with Crippen molar-refractivity contribution in [3.05, 3.63) is 29.8 Å². The standard InChI is InChI=1S/C16H24N2O2S/c1-11(2)8-9-12(3)18-16(20)13-6-4-5-7-14(13)21-10-15(17)19/h4-7,11-12H,8-10H2,1-3H3,(H2,17,19)(H,18,20). The third-order valence-corrected chi connectivity index (χ3v) is 4.15. The molecule has 0 heterocycles. The van der Waals surface area contributed by atoms with Crippen LogP contribution in [0.3, 0.4) is 0 Å². The first-order chi connectivity index (χ1) is 9.90. The van der Waals surface area contributed by atoms with Crippen LogP contribution in [0.4, 0.5) is 0 Å². The van der Waals surface area contributed by atoms with Gasteiger partial charge in [0.2, 0.25) is 5.91 Å². The summed E-state index contributed by atoms with van der Waals surface area (Å²) in [5, 5.41) is 3.01. The molecule has 0 aliphatic rings. The van der Waals surface area contributed by atoms with Gasteiger partial charge in [-0.3, -0.25) is 9.59 Å². The lowest BCUT2D eigenvalue weighted by atomic mass is 10.0. The Morgan fingerprint density at radius 2 is 1.86 bits per heavy atom. The molecule has 1 rings (SSSR count). The highest BCUT2D eigenvalue weighted by molar-refractivity contribution is 8.00. The van der Waals surface area contributed by atoms with Gasteiger partial charge in [-0.15, -0.1) is 11.8 Å². The Hall–Kier alpha value is -1.49. The lowest BCUT2D eigenvalue weighted by molar-refractivity contribution is -0.115. The molecule has 0 bridgehead atoms. The van der Waals surface area contributed by atoms with Gasteiger partial charge in [0.1, 0.15) is 0 Å². The molecule has 0 aromatic heterocycles. The topological polar surface area (TPSA) is 72.2 Å². The number of thioether (sulfide) groups is 1. The average Bonchev–Trinajstić information content (AvgIpc) is 2.43. The van der Waals surface area contributed by atoms with Gasteiger partial charge in [0.25, 0.3) is 5.91 Å². The summed E-state index contributed by atoms with van der Waals surface area (Å²) in [7, 11) is 0. The Bertz CT molecular complexity index is 489. The summed E-state index contributed by atoms with van der Waals surface area (Å²) in [5.41, 5.74) is 5.75. The van der Waals surface area contributed by atoms with Gasteiger partial charge in [-0.2, -0.15) is 0 Å². The summed E-state index contributed by atoms with van der Waals surface area (Å²) < 4.78 is 0. The van der Waals surface area contributed by atoms with Crippen LogP contribution in [-0.2, 0) is 4.79 Å². The van der Waals surface area contributed by atoms with E-state index in [1.54, 1.807) is 6.07 Å². The molecule has 0 aliphatic carbocycles. The Kier molecular flexibility index (Phi) is 7.29. The van der Waals surface area contributed by atoms with E-state index in [0.717, 1.165) is 17.7 Å². The largest absolute Gasteiger partial charge is 0.369 e. The number of hydrogen-bond acceptors (Lipinski definition) is 3. The quantitative estimate of drug-likeness (QED) is 0.725. The number of primary amides is 1. The molecule has 5 heteroatoms. The van der Waals surface area contributed by atoms with E-state index >= 15 is 0 Å². The molecule has 0 saturated heterocycles. The Balaban J connectivity index is 2.66. The van der Waals surface area contributed by atoms with Gasteiger partial charge in [-0.1, -0.05) is 26.0 Å². The molecular formula is C16H24N2O2S. The first-order valence-electron chi connectivity index (χ1n) is 7.21. The van der Waals surface area contributed by atoms with Gasteiger partial charge in [0.15, 0.2) is 0 Å². The van der Waals surface area contributed by atoms with Crippen LogP contribution in [0.1, 0.15) is 44.0 Å². The van der Waals surface area contributed by atoms with Crippen LogP contribution in [0.2, 0.25) is 0 Å². The number of rotatable bonds is 8. The molecule has 3 N–H and O–H groups in total. The predicted molar refractivity (Wildman–Crippen MR) is 87.4 cm³/mol. The predicted octanol–water partition coefficient (Wildman–Crippen LogP) is 2.82. The highest BCUT2D eigenvalue weighted by atomic mass is 32.2. The second-order valence-corrected chi connectivity index (χ2v) is 6.61. The minimum absolute atomic E-state index is 0.0983. The van der Waals surface area contributed by atoms with Crippen molar-refractivity contribution in [2.45, 2.75) is 44.6 Å². The van der Waals surface area contributed by atoms with Crippen molar-refractivity contribution in [2.75, 3.05) is 5.75 Å². The monoisotopic (exact) mass is 308 g/mol. The number of hydrogen-bond donors (Lipinski definition) is 2. The van der Waals surface area contributed by atoms with Gasteiger partial charge in [0, 0.05) is 10.9 Å². The maximum absolute atomic E-state index is 12.3. The Morgan fingerprint density at radius 3 is 2.48 bits per heavy atom. The molecule has 1 unspecified atom stereocenters. The van der Waals surface area contributed by atoms with E-state index in [0.29, 0.717) is 11.5 Å². The Morgan fingerprint density at radius 1 is 1.19 bits per heavy atom. The zero-order chi connectivity index (χ0) is 15.8.